The fourth-order valence-corrected chi connectivity index (χ4v) is 2.40. The standard InChI is InChI=1S/C13H8BrClF3N/c14-6-3-10(17)12(11(18)4-6)13(19)8-5-7(16)1-2-9(8)15/h1-5,13H,19H2. The molecule has 0 bridgehead atoms. The third kappa shape index (κ3) is 2.94. The van der Waals surface area contributed by atoms with E-state index < -0.39 is 23.5 Å². The van der Waals surface area contributed by atoms with E-state index >= 15 is 0 Å². The van der Waals surface area contributed by atoms with Crippen molar-refractivity contribution < 1.29 is 13.2 Å². The lowest BCUT2D eigenvalue weighted by molar-refractivity contribution is 0.540. The normalized spacial score (nSPS) is 12.5. The highest BCUT2D eigenvalue weighted by Gasteiger charge is 2.21. The molecule has 0 aliphatic carbocycles. The van der Waals surface area contributed by atoms with Gasteiger partial charge >= 0.3 is 0 Å². The van der Waals surface area contributed by atoms with Crippen molar-refractivity contribution >= 4 is 27.5 Å². The molecule has 2 aromatic rings. The van der Waals surface area contributed by atoms with E-state index in [0.717, 1.165) is 24.3 Å². The fraction of sp³-hybridized carbons (Fsp3) is 0.0769. The van der Waals surface area contributed by atoms with Crippen LogP contribution in [0.4, 0.5) is 13.2 Å². The predicted molar refractivity (Wildman–Crippen MR) is 71.5 cm³/mol. The minimum Gasteiger partial charge on any atom is -0.320 e. The van der Waals surface area contributed by atoms with E-state index in [1.54, 1.807) is 0 Å². The van der Waals surface area contributed by atoms with Crippen molar-refractivity contribution in [3.05, 3.63) is 68.4 Å². The van der Waals surface area contributed by atoms with Crippen LogP contribution in [0.15, 0.2) is 34.8 Å². The zero-order valence-corrected chi connectivity index (χ0v) is 11.8. The van der Waals surface area contributed by atoms with Crippen LogP contribution in [-0.2, 0) is 0 Å². The molecule has 0 aliphatic heterocycles. The van der Waals surface area contributed by atoms with Gasteiger partial charge in [-0.3, -0.25) is 0 Å². The quantitative estimate of drug-likeness (QED) is 0.844. The highest BCUT2D eigenvalue weighted by atomic mass is 79.9. The second-order valence-corrected chi connectivity index (χ2v) is 5.25. The summed E-state index contributed by atoms with van der Waals surface area (Å²) < 4.78 is 41.0. The van der Waals surface area contributed by atoms with Gasteiger partial charge in [-0.1, -0.05) is 27.5 Å². The van der Waals surface area contributed by atoms with E-state index in [1.807, 2.05) is 0 Å². The zero-order chi connectivity index (χ0) is 14.2. The molecule has 0 aromatic heterocycles. The summed E-state index contributed by atoms with van der Waals surface area (Å²) in [5, 5.41) is 0.149. The average Bonchev–Trinajstić information content (AvgIpc) is 2.30. The van der Waals surface area contributed by atoms with E-state index in [9.17, 15) is 13.2 Å². The number of hydrogen-bond donors (Lipinski definition) is 1. The lowest BCUT2D eigenvalue weighted by atomic mass is 9.98. The predicted octanol–water partition coefficient (Wildman–Crippen LogP) is 4.57. The molecule has 0 amide bonds. The lowest BCUT2D eigenvalue weighted by Gasteiger charge is -2.16. The Bertz CT molecular complexity index is 610. The van der Waals surface area contributed by atoms with E-state index in [4.69, 9.17) is 17.3 Å². The van der Waals surface area contributed by atoms with Gasteiger partial charge in [0.2, 0.25) is 0 Å². The number of rotatable bonds is 2. The van der Waals surface area contributed by atoms with Crippen LogP contribution in [0.2, 0.25) is 5.02 Å². The molecule has 2 N–H and O–H groups in total. The first-order chi connectivity index (χ1) is 8.90. The maximum absolute atomic E-state index is 13.8. The summed E-state index contributed by atoms with van der Waals surface area (Å²) in [5.41, 5.74) is 5.57. The number of halogens is 5. The van der Waals surface area contributed by atoms with Gasteiger partial charge in [0.05, 0.1) is 6.04 Å². The molecule has 2 rings (SSSR count). The molecule has 1 unspecified atom stereocenters. The van der Waals surface area contributed by atoms with Gasteiger partial charge in [-0.25, -0.2) is 13.2 Å². The Kier molecular flexibility index (Phi) is 4.18. The van der Waals surface area contributed by atoms with Crippen molar-refractivity contribution in [3.8, 4) is 0 Å². The molecule has 0 aliphatic rings. The van der Waals surface area contributed by atoms with Gasteiger partial charge in [-0.05, 0) is 35.9 Å². The highest BCUT2D eigenvalue weighted by molar-refractivity contribution is 9.10. The van der Waals surface area contributed by atoms with Crippen molar-refractivity contribution in [2.45, 2.75) is 6.04 Å². The van der Waals surface area contributed by atoms with Gasteiger partial charge in [0.25, 0.3) is 0 Å². The van der Waals surface area contributed by atoms with Gasteiger partial charge < -0.3 is 5.73 Å². The minimum atomic E-state index is -1.18. The summed E-state index contributed by atoms with van der Waals surface area (Å²) in [4.78, 5) is 0. The van der Waals surface area contributed by atoms with Crippen LogP contribution >= 0.6 is 27.5 Å². The largest absolute Gasteiger partial charge is 0.320 e. The SMILES string of the molecule is NC(c1cc(F)ccc1Cl)c1c(F)cc(Br)cc1F. The molecular weight excluding hydrogens is 343 g/mol. The van der Waals surface area contributed by atoms with E-state index in [2.05, 4.69) is 15.9 Å². The van der Waals surface area contributed by atoms with Gasteiger partial charge in [-0.15, -0.1) is 0 Å². The van der Waals surface area contributed by atoms with Crippen LogP contribution in [0.5, 0.6) is 0 Å². The van der Waals surface area contributed by atoms with E-state index in [1.165, 1.54) is 6.07 Å². The summed E-state index contributed by atoms with van der Waals surface area (Å²) in [7, 11) is 0. The smallest absolute Gasteiger partial charge is 0.132 e. The minimum absolute atomic E-state index is 0.127. The van der Waals surface area contributed by atoms with Crippen LogP contribution in [0.25, 0.3) is 0 Å². The average molecular weight is 351 g/mol. The van der Waals surface area contributed by atoms with Crippen LogP contribution in [0.3, 0.4) is 0 Å². The maximum Gasteiger partial charge on any atom is 0.132 e. The van der Waals surface area contributed by atoms with Gasteiger partial charge in [0.15, 0.2) is 0 Å². The molecule has 6 heteroatoms. The van der Waals surface area contributed by atoms with E-state index in [0.29, 0.717) is 0 Å². The van der Waals surface area contributed by atoms with Crippen LogP contribution in [-0.4, -0.2) is 0 Å². The molecular formula is C13H8BrClF3N. The number of nitrogens with two attached hydrogens (primary N) is 1. The number of hydrogen-bond acceptors (Lipinski definition) is 1. The fourth-order valence-electron chi connectivity index (χ4n) is 1.76. The molecule has 2 aromatic carbocycles. The Morgan fingerprint density at radius 2 is 1.63 bits per heavy atom. The van der Waals surface area contributed by atoms with Gasteiger partial charge in [0.1, 0.15) is 17.5 Å². The molecule has 0 fully saturated rings. The van der Waals surface area contributed by atoms with Crippen molar-refractivity contribution in [2.24, 2.45) is 5.73 Å². The van der Waals surface area contributed by atoms with Crippen LogP contribution in [0, 0.1) is 17.5 Å². The second-order valence-electron chi connectivity index (χ2n) is 3.93. The molecule has 100 valence electrons. The van der Waals surface area contributed by atoms with Gasteiger partial charge in [0, 0.05) is 15.1 Å². The topological polar surface area (TPSA) is 26.0 Å². The Morgan fingerprint density at radius 3 is 2.21 bits per heavy atom. The Hall–Kier alpha value is -1.04. The first kappa shape index (κ1) is 14.4. The van der Waals surface area contributed by atoms with Crippen molar-refractivity contribution in [1.82, 2.24) is 0 Å². The third-order valence-electron chi connectivity index (χ3n) is 2.65. The Balaban J connectivity index is 2.56. The van der Waals surface area contributed by atoms with Crippen LogP contribution < -0.4 is 5.73 Å². The first-order valence-electron chi connectivity index (χ1n) is 5.25. The maximum atomic E-state index is 13.8. The number of benzene rings is 2. The van der Waals surface area contributed by atoms with Crippen molar-refractivity contribution in [1.29, 1.82) is 0 Å². The van der Waals surface area contributed by atoms with Crippen LogP contribution in [0.1, 0.15) is 17.2 Å². The summed E-state index contributed by atoms with van der Waals surface area (Å²) in [5.74, 6) is -2.22. The lowest BCUT2D eigenvalue weighted by Crippen LogP contribution is -2.16. The molecule has 0 saturated heterocycles. The molecule has 1 nitrogen and oxygen atoms in total. The Labute approximate surface area is 121 Å². The summed E-state index contributed by atoms with van der Waals surface area (Å²) in [6.45, 7) is 0. The molecule has 0 radical (unpaired) electrons. The van der Waals surface area contributed by atoms with Gasteiger partial charge in [-0.2, -0.15) is 0 Å². The highest BCUT2D eigenvalue weighted by Crippen LogP contribution is 2.31. The first-order valence-corrected chi connectivity index (χ1v) is 6.42. The molecule has 0 heterocycles. The molecule has 1 atom stereocenters. The zero-order valence-electron chi connectivity index (χ0n) is 9.43. The van der Waals surface area contributed by atoms with E-state index in [-0.39, 0.29) is 20.6 Å². The summed E-state index contributed by atoms with van der Waals surface area (Å²) in [6.07, 6.45) is 0. The summed E-state index contributed by atoms with van der Waals surface area (Å²) >= 11 is 8.85. The van der Waals surface area contributed by atoms with Crippen molar-refractivity contribution in [2.75, 3.05) is 0 Å². The molecule has 0 saturated carbocycles. The van der Waals surface area contributed by atoms with Crippen molar-refractivity contribution in [3.63, 3.8) is 0 Å². The monoisotopic (exact) mass is 349 g/mol. The Morgan fingerprint density at radius 1 is 1.05 bits per heavy atom. The molecule has 0 spiro atoms. The third-order valence-corrected chi connectivity index (χ3v) is 3.45. The second kappa shape index (κ2) is 5.53. The molecule has 19 heavy (non-hydrogen) atoms. The summed E-state index contributed by atoms with van der Waals surface area (Å²) in [6, 6.07) is 4.50.